The van der Waals surface area contributed by atoms with Crippen molar-refractivity contribution < 1.29 is 14.7 Å². The molecule has 0 radical (unpaired) electrons. The third-order valence-electron chi connectivity index (χ3n) is 1.65. The highest BCUT2D eigenvalue weighted by Crippen LogP contribution is 2.01. The second kappa shape index (κ2) is 7.24. The van der Waals surface area contributed by atoms with Gasteiger partial charge in [-0.25, -0.2) is 4.98 Å². The molecule has 2 N–H and O–H groups in total. The van der Waals surface area contributed by atoms with Gasteiger partial charge in [-0.15, -0.1) is 23.1 Å². The van der Waals surface area contributed by atoms with Gasteiger partial charge in [0.25, 0.3) is 0 Å². The Bertz CT molecular complexity index is 341. The first-order valence-corrected chi connectivity index (χ1v) is 6.71. The predicted octanol–water partition coefficient (Wildman–Crippen LogP) is 0.620. The van der Waals surface area contributed by atoms with Crippen molar-refractivity contribution in [3.8, 4) is 0 Å². The van der Waals surface area contributed by atoms with Gasteiger partial charge in [0.1, 0.15) is 0 Å². The number of carbonyl (C=O) groups is 2. The fourth-order valence-electron chi connectivity index (χ4n) is 0.973. The summed E-state index contributed by atoms with van der Waals surface area (Å²) in [6.07, 6.45) is 0.707. The second-order valence-corrected chi connectivity index (χ2v) is 4.67. The van der Waals surface area contributed by atoms with E-state index in [1.807, 2.05) is 5.38 Å². The number of nitrogens with one attached hydrogen (secondary N) is 1. The summed E-state index contributed by atoms with van der Waals surface area (Å²) in [5.41, 5.74) is 2.71. The quantitative estimate of drug-likeness (QED) is 0.751. The Morgan fingerprint density at radius 2 is 2.31 bits per heavy atom. The predicted molar refractivity (Wildman–Crippen MR) is 63.8 cm³/mol. The summed E-state index contributed by atoms with van der Waals surface area (Å²) in [5, 5.41) is 13.0. The lowest BCUT2D eigenvalue weighted by atomic mass is 10.3. The summed E-state index contributed by atoms with van der Waals surface area (Å²) < 4.78 is 0. The Kier molecular flexibility index (Phi) is 5.87. The molecule has 0 aliphatic heterocycles. The molecule has 0 aliphatic carbocycles. The molecular weight excluding hydrogens is 248 g/mol. The van der Waals surface area contributed by atoms with Crippen molar-refractivity contribution >= 4 is 35.0 Å². The van der Waals surface area contributed by atoms with Gasteiger partial charge in [0.05, 0.1) is 22.7 Å². The number of hydrogen-bond donors (Lipinski definition) is 2. The molecule has 0 aromatic carbocycles. The van der Waals surface area contributed by atoms with Crippen LogP contribution in [0, 0.1) is 0 Å². The van der Waals surface area contributed by atoms with Crippen LogP contribution in [-0.2, 0) is 16.0 Å². The molecule has 0 saturated heterocycles. The van der Waals surface area contributed by atoms with Crippen molar-refractivity contribution in [1.29, 1.82) is 0 Å². The molecular formula is C9H12N2O3S2. The van der Waals surface area contributed by atoms with Gasteiger partial charge in [-0.1, -0.05) is 0 Å². The molecule has 1 amide bonds. The van der Waals surface area contributed by atoms with Gasteiger partial charge in [-0.3, -0.25) is 9.59 Å². The van der Waals surface area contributed by atoms with Gasteiger partial charge in [0.15, 0.2) is 0 Å². The molecule has 1 aromatic heterocycles. The maximum absolute atomic E-state index is 11.2. The molecule has 0 bridgehead atoms. The van der Waals surface area contributed by atoms with Crippen LogP contribution in [0.3, 0.4) is 0 Å². The summed E-state index contributed by atoms with van der Waals surface area (Å²) in [6.45, 7) is 0.538. The highest BCUT2D eigenvalue weighted by Gasteiger charge is 2.03. The van der Waals surface area contributed by atoms with Crippen LogP contribution in [-0.4, -0.2) is 40.0 Å². The fraction of sp³-hybridized carbons (Fsp3) is 0.444. The number of aromatic nitrogens is 1. The molecule has 7 heteroatoms. The van der Waals surface area contributed by atoms with Gasteiger partial charge < -0.3 is 10.4 Å². The van der Waals surface area contributed by atoms with Gasteiger partial charge >= 0.3 is 5.97 Å². The van der Waals surface area contributed by atoms with E-state index >= 15 is 0 Å². The lowest BCUT2D eigenvalue weighted by molar-refractivity contribution is -0.133. The molecule has 5 nitrogen and oxygen atoms in total. The van der Waals surface area contributed by atoms with Crippen LogP contribution >= 0.6 is 23.1 Å². The average Bonchev–Trinajstić information content (AvgIpc) is 2.70. The van der Waals surface area contributed by atoms with Crippen LogP contribution in [0.2, 0.25) is 0 Å². The van der Waals surface area contributed by atoms with E-state index < -0.39 is 5.97 Å². The van der Waals surface area contributed by atoms with Gasteiger partial charge in [-0.2, -0.15) is 0 Å². The molecule has 0 aliphatic rings. The number of carbonyl (C=O) groups excluding carboxylic acids is 1. The topological polar surface area (TPSA) is 79.3 Å². The van der Waals surface area contributed by atoms with Crippen LogP contribution in [0.4, 0.5) is 0 Å². The Balaban J connectivity index is 2.04. The highest BCUT2D eigenvalue weighted by molar-refractivity contribution is 8.00. The number of carboxylic acids is 1. The van der Waals surface area contributed by atoms with E-state index in [4.69, 9.17) is 5.11 Å². The maximum Gasteiger partial charge on any atom is 0.313 e. The van der Waals surface area contributed by atoms with Crippen LogP contribution in [0.1, 0.15) is 5.69 Å². The standard InChI is InChI=1S/C9H12N2O3S2/c12-8(4-15-5-9(13)14)10-2-1-7-3-16-6-11-7/h3,6H,1-2,4-5H2,(H,10,12)(H,13,14). The van der Waals surface area contributed by atoms with Crippen molar-refractivity contribution in [2.24, 2.45) is 0 Å². The van der Waals surface area contributed by atoms with Crippen LogP contribution in [0.5, 0.6) is 0 Å². The number of thioether (sulfide) groups is 1. The van der Waals surface area contributed by atoms with Gasteiger partial charge in [-0.05, 0) is 0 Å². The summed E-state index contributed by atoms with van der Waals surface area (Å²) in [5.74, 6) is -0.898. The minimum absolute atomic E-state index is 0.0422. The SMILES string of the molecule is O=C(O)CSCC(=O)NCCc1cscn1. The van der Waals surface area contributed by atoms with E-state index in [1.54, 1.807) is 5.51 Å². The summed E-state index contributed by atoms with van der Waals surface area (Å²) >= 11 is 2.61. The van der Waals surface area contributed by atoms with Crippen LogP contribution in [0.15, 0.2) is 10.9 Å². The molecule has 1 aromatic rings. The molecule has 0 atom stereocenters. The van der Waals surface area contributed by atoms with Crippen LogP contribution in [0.25, 0.3) is 0 Å². The largest absolute Gasteiger partial charge is 0.481 e. The van der Waals surface area contributed by atoms with Crippen molar-refractivity contribution in [2.75, 3.05) is 18.1 Å². The molecule has 0 unspecified atom stereocenters. The zero-order valence-electron chi connectivity index (χ0n) is 8.51. The van der Waals surface area contributed by atoms with Gasteiger partial charge in [0, 0.05) is 18.3 Å². The zero-order chi connectivity index (χ0) is 11.8. The minimum Gasteiger partial charge on any atom is -0.481 e. The van der Waals surface area contributed by atoms with Crippen LogP contribution < -0.4 is 5.32 Å². The molecule has 16 heavy (non-hydrogen) atoms. The summed E-state index contributed by atoms with van der Waals surface area (Å²) in [6, 6.07) is 0. The van der Waals surface area contributed by atoms with E-state index in [-0.39, 0.29) is 17.4 Å². The summed E-state index contributed by atoms with van der Waals surface area (Å²) in [7, 11) is 0. The molecule has 0 saturated carbocycles. The minimum atomic E-state index is -0.903. The normalized spacial score (nSPS) is 10.0. The first-order valence-electron chi connectivity index (χ1n) is 4.62. The Morgan fingerprint density at radius 3 is 2.94 bits per heavy atom. The number of nitrogens with zero attached hydrogens (tertiary/aromatic N) is 1. The highest BCUT2D eigenvalue weighted by atomic mass is 32.2. The van der Waals surface area contributed by atoms with E-state index in [0.717, 1.165) is 17.5 Å². The third kappa shape index (κ3) is 5.72. The van der Waals surface area contributed by atoms with E-state index in [0.29, 0.717) is 13.0 Å². The van der Waals surface area contributed by atoms with E-state index in [2.05, 4.69) is 10.3 Å². The Labute approximate surface area is 101 Å². The van der Waals surface area contributed by atoms with E-state index in [1.165, 1.54) is 11.3 Å². The monoisotopic (exact) mass is 260 g/mol. The number of rotatable bonds is 7. The van der Waals surface area contributed by atoms with Crippen molar-refractivity contribution in [3.05, 3.63) is 16.6 Å². The first-order chi connectivity index (χ1) is 7.68. The molecule has 0 spiro atoms. The Hall–Kier alpha value is -1.08. The second-order valence-electron chi connectivity index (χ2n) is 2.97. The Morgan fingerprint density at radius 1 is 1.50 bits per heavy atom. The number of hydrogen-bond acceptors (Lipinski definition) is 5. The maximum atomic E-state index is 11.2. The fourth-order valence-corrected chi connectivity index (χ4v) is 2.13. The number of amides is 1. The summed E-state index contributed by atoms with van der Waals surface area (Å²) in [4.78, 5) is 25.5. The van der Waals surface area contributed by atoms with E-state index in [9.17, 15) is 9.59 Å². The van der Waals surface area contributed by atoms with Gasteiger partial charge in [0.2, 0.25) is 5.91 Å². The molecule has 88 valence electrons. The zero-order valence-corrected chi connectivity index (χ0v) is 10.1. The third-order valence-corrected chi connectivity index (χ3v) is 3.20. The molecule has 1 heterocycles. The molecule has 0 fully saturated rings. The van der Waals surface area contributed by atoms with Crippen molar-refractivity contribution in [1.82, 2.24) is 10.3 Å². The lowest BCUT2D eigenvalue weighted by Crippen LogP contribution is -2.27. The smallest absolute Gasteiger partial charge is 0.313 e. The lowest BCUT2D eigenvalue weighted by Gasteiger charge is -2.02. The number of aliphatic carboxylic acids is 1. The van der Waals surface area contributed by atoms with Crippen molar-refractivity contribution in [2.45, 2.75) is 6.42 Å². The number of carboxylic acid groups (broad SMARTS) is 1. The average molecular weight is 260 g/mol. The molecule has 1 rings (SSSR count). The number of thiazole rings is 1. The van der Waals surface area contributed by atoms with Crippen molar-refractivity contribution in [3.63, 3.8) is 0 Å². The first kappa shape index (κ1) is 13.0.